The number of hydrogen-bond donors (Lipinski definition) is 0. The van der Waals surface area contributed by atoms with Crippen molar-refractivity contribution < 1.29 is 13.6 Å². The molecule has 1 aliphatic heterocycles. The summed E-state index contributed by atoms with van der Waals surface area (Å²) in [5.74, 6) is -1.31. The highest BCUT2D eigenvalue weighted by molar-refractivity contribution is 5.76. The van der Waals surface area contributed by atoms with Crippen molar-refractivity contribution in [3.05, 3.63) is 23.4 Å². The fourth-order valence-electron chi connectivity index (χ4n) is 4.61. The van der Waals surface area contributed by atoms with Crippen molar-refractivity contribution >= 4 is 11.7 Å². The first-order chi connectivity index (χ1) is 15.3. The standard InChI is InChI=1S/C25H40F2N4O/c1-4-6-14-30(17-16-29(3)5-2)23-8-7-21-19-31(15-11-22(21)28-23)24(32)18-20-9-12-25(26,27)13-10-20/h7-8,20H,4-6,9-19H2,1-3H3. The number of anilines is 1. The van der Waals surface area contributed by atoms with E-state index in [0.717, 1.165) is 62.5 Å². The van der Waals surface area contributed by atoms with E-state index in [9.17, 15) is 13.6 Å². The molecule has 7 heteroatoms. The van der Waals surface area contributed by atoms with Gasteiger partial charge in [-0.2, -0.15) is 0 Å². The van der Waals surface area contributed by atoms with Crippen LogP contribution in [0.2, 0.25) is 0 Å². The molecule has 1 saturated carbocycles. The molecule has 180 valence electrons. The Balaban J connectivity index is 1.59. The second kappa shape index (κ2) is 11.4. The van der Waals surface area contributed by atoms with Gasteiger partial charge < -0.3 is 14.7 Å². The van der Waals surface area contributed by atoms with Gasteiger partial charge in [-0.3, -0.25) is 4.79 Å². The van der Waals surface area contributed by atoms with Crippen molar-refractivity contribution in [2.24, 2.45) is 5.92 Å². The number of alkyl halides is 2. The van der Waals surface area contributed by atoms with E-state index in [2.05, 4.69) is 42.8 Å². The predicted molar refractivity (Wildman–Crippen MR) is 125 cm³/mol. The Labute approximate surface area is 192 Å². The van der Waals surface area contributed by atoms with Crippen LogP contribution in [-0.2, 0) is 17.8 Å². The molecular formula is C25H40F2N4O. The maximum absolute atomic E-state index is 13.4. The third-order valence-electron chi connectivity index (χ3n) is 7.08. The molecule has 1 amide bonds. The highest BCUT2D eigenvalue weighted by Crippen LogP contribution is 2.37. The number of unbranched alkanes of at least 4 members (excludes halogenated alkanes) is 1. The van der Waals surface area contributed by atoms with Crippen LogP contribution in [0.3, 0.4) is 0 Å². The maximum atomic E-state index is 13.4. The fourth-order valence-corrected chi connectivity index (χ4v) is 4.61. The summed E-state index contributed by atoms with van der Waals surface area (Å²) in [5.41, 5.74) is 2.21. The van der Waals surface area contributed by atoms with Crippen molar-refractivity contribution in [1.82, 2.24) is 14.8 Å². The van der Waals surface area contributed by atoms with Gasteiger partial charge in [0.2, 0.25) is 11.8 Å². The monoisotopic (exact) mass is 450 g/mol. The first kappa shape index (κ1) is 24.9. The van der Waals surface area contributed by atoms with Crippen LogP contribution in [0.15, 0.2) is 12.1 Å². The molecule has 0 saturated heterocycles. The van der Waals surface area contributed by atoms with Gasteiger partial charge in [0.25, 0.3) is 0 Å². The lowest BCUT2D eigenvalue weighted by atomic mass is 9.84. The Kier molecular flexibility index (Phi) is 8.86. The number of fused-ring (bicyclic) bond motifs is 1. The summed E-state index contributed by atoms with van der Waals surface area (Å²) in [6, 6.07) is 4.22. The molecule has 1 fully saturated rings. The quantitative estimate of drug-likeness (QED) is 0.516. The molecule has 3 rings (SSSR count). The van der Waals surface area contributed by atoms with Gasteiger partial charge >= 0.3 is 0 Å². The molecule has 0 bridgehead atoms. The van der Waals surface area contributed by atoms with E-state index < -0.39 is 5.92 Å². The summed E-state index contributed by atoms with van der Waals surface area (Å²) in [6.45, 7) is 9.63. The number of carbonyl (C=O) groups excluding carboxylic acids is 1. The number of amides is 1. The number of nitrogens with zero attached hydrogens (tertiary/aromatic N) is 4. The van der Waals surface area contributed by atoms with Crippen molar-refractivity contribution in [3.63, 3.8) is 0 Å². The Hall–Kier alpha value is -1.76. The van der Waals surface area contributed by atoms with Crippen LogP contribution in [0, 0.1) is 5.92 Å². The third-order valence-corrected chi connectivity index (χ3v) is 7.08. The maximum Gasteiger partial charge on any atom is 0.248 e. The first-order valence-electron chi connectivity index (χ1n) is 12.4. The highest BCUT2D eigenvalue weighted by atomic mass is 19.3. The van der Waals surface area contributed by atoms with E-state index >= 15 is 0 Å². The zero-order valence-corrected chi connectivity index (χ0v) is 20.1. The molecule has 1 aliphatic carbocycles. The molecule has 2 aliphatic rings. The van der Waals surface area contributed by atoms with Crippen LogP contribution < -0.4 is 4.90 Å². The zero-order valence-electron chi connectivity index (χ0n) is 20.1. The lowest BCUT2D eigenvalue weighted by Gasteiger charge is -2.33. The van der Waals surface area contributed by atoms with Gasteiger partial charge in [-0.1, -0.05) is 26.3 Å². The van der Waals surface area contributed by atoms with Crippen LogP contribution in [0.4, 0.5) is 14.6 Å². The number of pyridine rings is 1. The van der Waals surface area contributed by atoms with Gasteiger partial charge in [0.15, 0.2) is 0 Å². The van der Waals surface area contributed by atoms with E-state index in [-0.39, 0.29) is 24.7 Å². The van der Waals surface area contributed by atoms with Crippen LogP contribution in [0.5, 0.6) is 0 Å². The van der Waals surface area contributed by atoms with E-state index in [4.69, 9.17) is 4.98 Å². The number of aromatic nitrogens is 1. The zero-order chi connectivity index (χ0) is 23.1. The summed E-state index contributed by atoms with van der Waals surface area (Å²) in [5, 5.41) is 0. The molecule has 0 radical (unpaired) electrons. The lowest BCUT2D eigenvalue weighted by Crippen LogP contribution is -2.38. The summed E-state index contributed by atoms with van der Waals surface area (Å²) >= 11 is 0. The molecule has 1 aromatic rings. The normalized spacial score (nSPS) is 18.6. The minimum atomic E-state index is -2.54. The van der Waals surface area contributed by atoms with Gasteiger partial charge in [0, 0.05) is 64.1 Å². The number of rotatable bonds is 10. The summed E-state index contributed by atoms with van der Waals surface area (Å²) in [4.78, 5) is 24.4. The number of likely N-dealkylation sites (N-methyl/N-ethyl adjacent to an activating group) is 1. The van der Waals surface area contributed by atoms with Crippen LogP contribution in [-0.4, -0.2) is 66.4 Å². The molecule has 0 aromatic carbocycles. The minimum Gasteiger partial charge on any atom is -0.355 e. The summed E-state index contributed by atoms with van der Waals surface area (Å²) < 4.78 is 26.8. The van der Waals surface area contributed by atoms with Crippen molar-refractivity contribution in [3.8, 4) is 0 Å². The molecule has 1 aromatic heterocycles. The molecule has 0 unspecified atom stereocenters. The van der Waals surface area contributed by atoms with Gasteiger partial charge in [-0.05, 0) is 50.4 Å². The third kappa shape index (κ3) is 6.87. The predicted octanol–water partition coefficient (Wildman–Crippen LogP) is 4.74. The van der Waals surface area contributed by atoms with Crippen molar-refractivity contribution in [1.29, 1.82) is 0 Å². The Morgan fingerprint density at radius 1 is 1.19 bits per heavy atom. The van der Waals surface area contributed by atoms with Gasteiger partial charge in [0.05, 0.1) is 0 Å². The lowest BCUT2D eigenvalue weighted by molar-refractivity contribution is -0.134. The number of carbonyl (C=O) groups is 1. The van der Waals surface area contributed by atoms with E-state index in [1.165, 1.54) is 0 Å². The molecule has 32 heavy (non-hydrogen) atoms. The molecule has 5 nitrogen and oxygen atoms in total. The van der Waals surface area contributed by atoms with E-state index in [0.29, 0.717) is 32.4 Å². The topological polar surface area (TPSA) is 39.7 Å². The second-order valence-corrected chi connectivity index (χ2v) is 9.58. The van der Waals surface area contributed by atoms with E-state index in [1.807, 2.05) is 4.90 Å². The molecular weight excluding hydrogens is 410 g/mol. The SMILES string of the molecule is CCCCN(CCN(C)CC)c1ccc2c(n1)CCN(C(=O)CC1CCC(F)(F)CC1)C2. The minimum absolute atomic E-state index is 0.0803. The molecule has 0 N–H and O–H groups in total. The highest BCUT2D eigenvalue weighted by Gasteiger charge is 2.36. The smallest absolute Gasteiger partial charge is 0.248 e. The second-order valence-electron chi connectivity index (χ2n) is 9.58. The molecule has 0 atom stereocenters. The number of halogens is 2. The van der Waals surface area contributed by atoms with Crippen LogP contribution in [0.25, 0.3) is 0 Å². The van der Waals surface area contributed by atoms with E-state index in [1.54, 1.807) is 0 Å². The van der Waals surface area contributed by atoms with Crippen molar-refractivity contribution in [2.45, 2.75) is 77.7 Å². The summed E-state index contributed by atoms with van der Waals surface area (Å²) in [7, 11) is 2.14. The van der Waals surface area contributed by atoms with Crippen molar-refractivity contribution in [2.75, 3.05) is 44.7 Å². The molecule has 0 spiro atoms. The van der Waals surface area contributed by atoms with Gasteiger partial charge in [0.1, 0.15) is 5.82 Å². The Morgan fingerprint density at radius 2 is 1.94 bits per heavy atom. The average Bonchev–Trinajstić information content (AvgIpc) is 2.79. The first-order valence-corrected chi connectivity index (χ1v) is 12.4. The number of hydrogen-bond acceptors (Lipinski definition) is 4. The summed E-state index contributed by atoms with van der Waals surface area (Å²) in [6.07, 6.45) is 4.20. The van der Waals surface area contributed by atoms with Crippen LogP contribution in [0.1, 0.15) is 70.1 Å². The van der Waals surface area contributed by atoms with Gasteiger partial charge in [-0.25, -0.2) is 13.8 Å². The van der Waals surface area contributed by atoms with Gasteiger partial charge in [-0.15, -0.1) is 0 Å². The van der Waals surface area contributed by atoms with Crippen LogP contribution >= 0.6 is 0 Å². The Morgan fingerprint density at radius 3 is 2.62 bits per heavy atom. The molecule has 2 heterocycles. The Bertz CT molecular complexity index is 747. The largest absolute Gasteiger partial charge is 0.355 e. The average molecular weight is 451 g/mol. The fraction of sp³-hybridized carbons (Fsp3) is 0.760.